The summed E-state index contributed by atoms with van der Waals surface area (Å²) in [6.07, 6.45) is 4.28. The monoisotopic (exact) mass is 357 g/mol. The Morgan fingerprint density at radius 3 is 2.96 bits per heavy atom. The minimum absolute atomic E-state index is 0.0186. The lowest BCUT2D eigenvalue weighted by molar-refractivity contribution is -0.122. The summed E-state index contributed by atoms with van der Waals surface area (Å²) in [4.78, 5) is 23.1. The summed E-state index contributed by atoms with van der Waals surface area (Å²) in [5.41, 5.74) is 7.12. The topological polar surface area (TPSA) is 49.0 Å². The largest absolute Gasteiger partial charge is 0.348 e. The number of aromatic amines is 1. The van der Waals surface area contributed by atoms with Crippen LogP contribution in [0.15, 0.2) is 54.9 Å². The maximum atomic E-state index is 13.4. The summed E-state index contributed by atoms with van der Waals surface area (Å²) in [5.74, 6) is 0.506. The van der Waals surface area contributed by atoms with E-state index >= 15 is 0 Å². The molecule has 2 atom stereocenters. The van der Waals surface area contributed by atoms with Crippen molar-refractivity contribution in [3.63, 3.8) is 0 Å². The fourth-order valence-electron chi connectivity index (χ4n) is 4.61. The molecule has 0 radical (unpaired) electrons. The molecule has 2 aromatic carbocycles. The van der Waals surface area contributed by atoms with E-state index < -0.39 is 0 Å². The van der Waals surface area contributed by atoms with Gasteiger partial charge in [0.1, 0.15) is 0 Å². The zero-order valence-electron chi connectivity index (χ0n) is 15.5. The number of hydrogen-bond acceptors (Lipinski definition) is 2. The van der Waals surface area contributed by atoms with Crippen LogP contribution in [0.1, 0.15) is 40.4 Å². The molecule has 0 saturated heterocycles. The van der Waals surface area contributed by atoms with Gasteiger partial charge in [0.15, 0.2) is 0 Å². The number of amides is 1. The van der Waals surface area contributed by atoms with Gasteiger partial charge in [-0.3, -0.25) is 4.79 Å². The summed E-state index contributed by atoms with van der Waals surface area (Å²) >= 11 is 0. The molecule has 1 N–H and O–H groups in total. The lowest BCUT2D eigenvalue weighted by Gasteiger charge is -2.26. The molecule has 2 aliphatic rings. The van der Waals surface area contributed by atoms with E-state index in [1.807, 2.05) is 11.0 Å². The summed E-state index contributed by atoms with van der Waals surface area (Å²) in [7, 11) is 0. The molecule has 0 spiro atoms. The van der Waals surface area contributed by atoms with Gasteiger partial charge in [-0.2, -0.15) is 0 Å². The first-order valence-corrected chi connectivity index (χ1v) is 9.68. The highest BCUT2D eigenvalue weighted by Crippen LogP contribution is 2.41. The van der Waals surface area contributed by atoms with E-state index in [1.165, 1.54) is 22.4 Å². The lowest BCUT2D eigenvalue weighted by Crippen LogP contribution is -2.38. The van der Waals surface area contributed by atoms with Gasteiger partial charge < -0.3 is 9.88 Å². The normalized spacial score (nSPS) is 21.0. The number of nitrogens with zero attached hydrogens (tertiary/aromatic N) is 2. The van der Waals surface area contributed by atoms with Gasteiger partial charge >= 0.3 is 0 Å². The number of hydrogen-bond donors (Lipinski definition) is 1. The summed E-state index contributed by atoms with van der Waals surface area (Å²) in [5, 5.41) is 0. The van der Waals surface area contributed by atoms with Crippen LogP contribution in [0.5, 0.6) is 0 Å². The smallest absolute Gasteiger partial charge is 0.230 e. The molecule has 0 saturated carbocycles. The number of rotatable bonds is 2. The van der Waals surface area contributed by atoms with Crippen LogP contribution in [0.4, 0.5) is 5.69 Å². The van der Waals surface area contributed by atoms with Crippen molar-refractivity contribution in [1.82, 2.24) is 9.97 Å². The Morgan fingerprint density at radius 2 is 2.07 bits per heavy atom. The Balaban J connectivity index is 1.46. The first-order valence-electron chi connectivity index (χ1n) is 9.68. The highest BCUT2D eigenvalue weighted by atomic mass is 16.2. The van der Waals surface area contributed by atoms with Gasteiger partial charge in [0.2, 0.25) is 5.91 Å². The minimum atomic E-state index is 0.0186. The SMILES string of the molecule is Cc1cccc(C2CN(C(=O)C3CCc4[nH]cnc4C3)c3ccccc32)c1. The Kier molecular flexibility index (Phi) is 3.85. The number of carbonyl (C=O) groups excluding carboxylic acids is 1. The van der Waals surface area contributed by atoms with E-state index in [4.69, 9.17) is 0 Å². The molecule has 0 bridgehead atoms. The molecule has 2 heterocycles. The molecule has 1 amide bonds. The van der Waals surface area contributed by atoms with E-state index in [2.05, 4.69) is 59.4 Å². The van der Waals surface area contributed by atoms with Crippen molar-refractivity contribution in [2.75, 3.05) is 11.4 Å². The number of carbonyl (C=O) groups is 1. The summed E-state index contributed by atoms with van der Waals surface area (Å²) in [6.45, 7) is 2.85. The fraction of sp³-hybridized carbons (Fsp3) is 0.304. The molecule has 1 aliphatic heterocycles. The zero-order chi connectivity index (χ0) is 18.4. The van der Waals surface area contributed by atoms with Crippen molar-refractivity contribution < 1.29 is 4.79 Å². The molecule has 5 rings (SSSR count). The second-order valence-corrected chi connectivity index (χ2v) is 7.74. The Labute approximate surface area is 159 Å². The lowest BCUT2D eigenvalue weighted by atomic mass is 9.88. The van der Waals surface area contributed by atoms with E-state index in [0.29, 0.717) is 0 Å². The number of imidazole rings is 1. The van der Waals surface area contributed by atoms with Gasteiger partial charge in [0.25, 0.3) is 0 Å². The number of benzene rings is 2. The number of anilines is 1. The second kappa shape index (κ2) is 6.38. The molecule has 136 valence electrons. The Hall–Kier alpha value is -2.88. The summed E-state index contributed by atoms with van der Waals surface area (Å²) < 4.78 is 0. The molecule has 3 aromatic rings. The van der Waals surface area contributed by atoms with E-state index in [9.17, 15) is 4.79 Å². The van der Waals surface area contributed by atoms with Crippen LogP contribution in [-0.4, -0.2) is 22.4 Å². The quantitative estimate of drug-likeness (QED) is 0.753. The third-order valence-corrected chi connectivity index (χ3v) is 6.02. The maximum Gasteiger partial charge on any atom is 0.230 e. The number of para-hydroxylation sites is 1. The van der Waals surface area contributed by atoms with Crippen LogP contribution in [0.2, 0.25) is 0 Å². The van der Waals surface area contributed by atoms with Crippen molar-refractivity contribution >= 4 is 11.6 Å². The first-order chi connectivity index (χ1) is 13.2. The average Bonchev–Trinajstić information content (AvgIpc) is 3.31. The van der Waals surface area contributed by atoms with Gasteiger partial charge in [0.05, 0.1) is 12.0 Å². The number of nitrogens with one attached hydrogen (secondary N) is 1. The number of fused-ring (bicyclic) bond motifs is 2. The van der Waals surface area contributed by atoms with E-state index in [0.717, 1.165) is 37.2 Å². The van der Waals surface area contributed by atoms with Crippen LogP contribution >= 0.6 is 0 Å². The number of H-pyrrole nitrogens is 1. The Morgan fingerprint density at radius 1 is 1.19 bits per heavy atom. The maximum absolute atomic E-state index is 13.4. The van der Waals surface area contributed by atoms with Gasteiger partial charge in [0, 0.05) is 36.2 Å². The zero-order valence-corrected chi connectivity index (χ0v) is 15.5. The Bertz CT molecular complexity index is 1010. The van der Waals surface area contributed by atoms with Gasteiger partial charge in [-0.15, -0.1) is 0 Å². The minimum Gasteiger partial charge on any atom is -0.348 e. The van der Waals surface area contributed by atoms with Crippen molar-refractivity contribution in [3.8, 4) is 0 Å². The average molecular weight is 357 g/mol. The standard InChI is InChI=1S/C23H23N3O/c1-15-5-4-6-16(11-15)19-13-26(22-8-3-2-7-18(19)22)23(27)17-9-10-20-21(12-17)25-14-24-20/h2-8,11,14,17,19H,9-10,12-13H2,1H3,(H,24,25). The van der Waals surface area contributed by atoms with E-state index in [-0.39, 0.29) is 17.7 Å². The summed E-state index contributed by atoms with van der Waals surface area (Å²) in [6, 6.07) is 17.0. The molecule has 4 nitrogen and oxygen atoms in total. The number of aryl methyl sites for hydroxylation is 2. The van der Waals surface area contributed by atoms with Gasteiger partial charge in [-0.1, -0.05) is 48.0 Å². The van der Waals surface area contributed by atoms with Crippen molar-refractivity contribution in [2.24, 2.45) is 5.92 Å². The van der Waals surface area contributed by atoms with Gasteiger partial charge in [-0.25, -0.2) is 4.98 Å². The third-order valence-electron chi connectivity index (χ3n) is 6.02. The predicted octanol–water partition coefficient (Wildman–Crippen LogP) is 4.00. The van der Waals surface area contributed by atoms with Crippen LogP contribution in [-0.2, 0) is 17.6 Å². The fourth-order valence-corrected chi connectivity index (χ4v) is 4.61. The molecule has 4 heteroatoms. The molecular formula is C23H23N3O. The molecule has 27 heavy (non-hydrogen) atoms. The van der Waals surface area contributed by atoms with Crippen LogP contribution < -0.4 is 4.90 Å². The molecule has 1 aliphatic carbocycles. The first kappa shape index (κ1) is 16.3. The molecule has 1 aromatic heterocycles. The van der Waals surface area contributed by atoms with Crippen LogP contribution in [0, 0.1) is 12.8 Å². The van der Waals surface area contributed by atoms with Crippen molar-refractivity contribution in [3.05, 3.63) is 82.9 Å². The molecular weight excluding hydrogens is 334 g/mol. The number of aromatic nitrogens is 2. The molecule has 2 unspecified atom stereocenters. The second-order valence-electron chi connectivity index (χ2n) is 7.74. The predicted molar refractivity (Wildman–Crippen MR) is 106 cm³/mol. The van der Waals surface area contributed by atoms with Crippen molar-refractivity contribution in [2.45, 2.75) is 32.1 Å². The highest BCUT2D eigenvalue weighted by Gasteiger charge is 2.37. The highest BCUT2D eigenvalue weighted by molar-refractivity contribution is 5.98. The van der Waals surface area contributed by atoms with E-state index in [1.54, 1.807) is 6.33 Å². The van der Waals surface area contributed by atoms with Gasteiger partial charge in [-0.05, 0) is 37.0 Å². The van der Waals surface area contributed by atoms with Crippen LogP contribution in [0.3, 0.4) is 0 Å². The third kappa shape index (κ3) is 2.76. The van der Waals surface area contributed by atoms with Crippen molar-refractivity contribution in [1.29, 1.82) is 0 Å². The molecule has 0 fully saturated rings. The van der Waals surface area contributed by atoms with Crippen LogP contribution in [0.25, 0.3) is 0 Å².